The summed E-state index contributed by atoms with van der Waals surface area (Å²) in [7, 11) is 0. The van der Waals surface area contributed by atoms with E-state index in [9.17, 15) is 13.2 Å². The Kier molecular flexibility index (Phi) is 4.29. The maximum Gasteiger partial charge on any atom is 0.417 e. The molecule has 1 aromatic rings. The number of hydrogen-bond donors (Lipinski definition) is 1. The number of nitrogens with one attached hydrogen (secondary N) is 1. The fourth-order valence-electron chi connectivity index (χ4n) is 2.76. The normalized spacial score (nSPS) is 23.6. The van der Waals surface area contributed by atoms with E-state index in [1.165, 1.54) is 6.07 Å². The van der Waals surface area contributed by atoms with Gasteiger partial charge in [0.15, 0.2) is 0 Å². The van der Waals surface area contributed by atoms with Crippen LogP contribution in [-0.4, -0.2) is 6.04 Å². The summed E-state index contributed by atoms with van der Waals surface area (Å²) in [5.74, 6) is 0.546. The predicted octanol–water partition coefficient (Wildman–Crippen LogP) is 5.35. The summed E-state index contributed by atoms with van der Waals surface area (Å²) in [4.78, 5) is 0. The van der Waals surface area contributed by atoms with Crippen LogP contribution in [0.4, 0.5) is 18.9 Å². The number of hydrogen-bond acceptors (Lipinski definition) is 1. The van der Waals surface area contributed by atoms with Crippen molar-refractivity contribution in [1.82, 2.24) is 0 Å². The van der Waals surface area contributed by atoms with Gasteiger partial charge in [-0.3, -0.25) is 0 Å². The largest absolute Gasteiger partial charge is 0.417 e. The van der Waals surface area contributed by atoms with Crippen LogP contribution < -0.4 is 5.32 Å². The molecule has 0 saturated heterocycles. The Morgan fingerprint density at radius 3 is 2.68 bits per heavy atom. The van der Waals surface area contributed by atoms with Crippen molar-refractivity contribution in [2.75, 3.05) is 5.32 Å². The van der Waals surface area contributed by atoms with Crippen molar-refractivity contribution < 1.29 is 13.2 Å². The van der Waals surface area contributed by atoms with Crippen molar-refractivity contribution in [3.05, 3.63) is 28.8 Å². The summed E-state index contributed by atoms with van der Waals surface area (Å²) in [6.45, 7) is 2.12. The lowest BCUT2D eigenvalue weighted by Gasteiger charge is -2.21. The first-order valence-electron chi connectivity index (χ1n) is 6.55. The molecule has 1 aliphatic rings. The molecule has 0 aliphatic heterocycles. The molecule has 0 bridgehead atoms. The van der Waals surface area contributed by atoms with Crippen molar-refractivity contribution in [3.8, 4) is 0 Å². The highest BCUT2D eigenvalue weighted by atomic mass is 35.5. The molecule has 0 aromatic heterocycles. The third-order valence-electron chi connectivity index (χ3n) is 3.81. The fraction of sp³-hybridized carbons (Fsp3) is 0.571. The van der Waals surface area contributed by atoms with Gasteiger partial charge in [-0.05, 0) is 37.0 Å². The van der Waals surface area contributed by atoms with Crippen LogP contribution in [0.3, 0.4) is 0 Å². The van der Waals surface area contributed by atoms with Crippen molar-refractivity contribution >= 4 is 17.3 Å². The van der Waals surface area contributed by atoms with Gasteiger partial charge in [-0.1, -0.05) is 31.4 Å². The van der Waals surface area contributed by atoms with Crippen molar-refractivity contribution in [1.29, 1.82) is 0 Å². The van der Waals surface area contributed by atoms with E-state index < -0.39 is 11.7 Å². The molecule has 106 valence electrons. The van der Waals surface area contributed by atoms with Gasteiger partial charge in [0.25, 0.3) is 0 Å². The average molecular weight is 292 g/mol. The molecule has 0 spiro atoms. The zero-order valence-corrected chi connectivity index (χ0v) is 11.5. The molecular weight excluding hydrogens is 275 g/mol. The molecule has 0 radical (unpaired) electrons. The minimum absolute atomic E-state index is 0.253. The lowest BCUT2D eigenvalue weighted by atomic mass is 10.0. The minimum Gasteiger partial charge on any atom is -0.382 e. The molecule has 5 heteroatoms. The zero-order valence-electron chi connectivity index (χ0n) is 10.7. The lowest BCUT2D eigenvalue weighted by Crippen LogP contribution is -2.23. The highest BCUT2D eigenvalue weighted by Gasteiger charge is 2.34. The quantitative estimate of drug-likeness (QED) is 0.791. The average Bonchev–Trinajstić information content (AvgIpc) is 2.77. The van der Waals surface area contributed by atoms with Crippen molar-refractivity contribution in [3.63, 3.8) is 0 Å². The van der Waals surface area contributed by atoms with Crippen LogP contribution in [0.2, 0.25) is 5.02 Å². The van der Waals surface area contributed by atoms with Crippen LogP contribution in [0.1, 0.15) is 38.2 Å². The van der Waals surface area contributed by atoms with E-state index in [2.05, 4.69) is 12.2 Å². The molecule has 0 heterocycles. The van der Waals surface area contributed by atoms with Crippen LogP contribution in [0.15, 0.2) is 18.2 Å². The van der Waals surface area contributed by atoms with Crippen LogP contribution in [0, 0.1) is 5.92 Å². The molecule has 19 heavy (non-hydrogen) atoms. The van der Waals surface area contributed by atoms with Gasteiger partial charge in [-0.25, -0.2) is 0 Å². The Labute approximate surface area is 116 Å². The Hall–Kier alpha value is -0.900. The maximum atomic E-state index is 12.8. The van der Waals surface area contributed by atoms with Crippen LogP contribution >= 0.6 is 11.6 Å². The molecule has 1 aromatic carbocycles. The summed E-state index contributed by atoms with van der Waals surface area (Å²) in [6, 6.07) is 4.30. The first-order valence-corrected chi connectivity index (χ1v) is 6.93. The minimum atomic E-state index is -4.41. The Morgan fingerprint density at radius 2 is 2.05 bits per heavy atom. The topological polar surface area (TPSA) is 12.0 Å². The van der Waals surface area contributed by atoms with Gasteiger partial charge in [0.05, 0.1) is 10.6 Å². The molecule has 2 atom stereocenters. The van der Waals surface area contributed by atoms with Crippen molar-refractivity contribution in [2.24, 2.45) is 5.92 Å². The summed E-state index contributed by atoms with van der Waals surface area (Å²) in [6.07, 6.45) is -0.0573. The van der Waals surface area contributed by atoms with Crippen molar-refractivity contribution in [2.45, 2.75) is 44.8 Å². The highest BCUT2D eigenvalue weighted by Crippen LogP contribution is 2.37. The van der Waals surface area contributed by atoms with Gasteiger partial charge in [0.2, 0.25) is 0 Å². The number of anilines is 1. The molecular formula is C14H17ClF3N. The molecule has 2 unspecified atom stereocenters. The van der Waals surface area contributed by atoms with E-state index in [-0.39, 0.29) is 11.1 Å². The number of benzene rings is 1. The summed E-state index contributed by atoms with van der Waals surface area (Å²) >= 11 is 5.61. The van der Waals surface area contributed by atoms with E-state index >= 15 is 0 Å². The zero-order chi connectivity index (χ0) is 14.0. The monoisotopic (exact) mass is 291 g/mol. The second kappa shape index (κ2) is 5.61. The molecule has 2 rings (SSSR count). The van der Waals surface area contributed by atoms with Gasteiger partial charge < -0.3 is 5.32 Å². The fourth-order valence-corrected chi connectivity index (χ4v) is 2.99. The van der Waals surface area contributed by atoms with Crippen LogP contribution in [0.5, 0.6) is 0 Å². The molecule has 1 N–H and O–H groups in total. The van der Waals surface area contributed by atoms with Gasteiger partial charge >= 0.3 is 6.18 Å². The Balaban J connectivity index is 2.17. The number of halogens is 4. The summed E-state index contributed by atoms with van der Waals surface area (Å²) in [5, 5.41) is 2.97. The second-order valence-corrected chi connectivity index (χ2v) is 5.45. The molecule has 1 nitrogen and oxygen atoms in total. The van der Waals surface area contributed by atoms with E-state index in [1.54, 1.807) is 6.07 Å². The molecule has 1 aliphatic carbocycles. The van der Waals surface area contributed by atoms with Gasteiger partial charge in [0, 0.05) is 11.7 Å². The van der Waals surface area contributed by atoms with Gasteiger partial charge in [0.1, 0.15) is 0 Å². The van der Waals surface area contributed by atoms with E-state index in [0.717, 1.165) is 31.7 Å². The standard InChI is InChI=1S/C14H17ClF3N/c1-2-9-4-3-5-13(9)19-10-6-7-12(15)11(8-10)14(16,17)18/h6-9,13,19H,2-5H2,1H3. The lowest BCUT2D eigenvalue weighted by molar-refractivity contribution is -0.137. The van der Waals surface area contributed by atoms with Crippen LogP contribution in [-0.2, 0) is 6.18 Å². The number of alkyl halides is 3. The SMILES string of the molecule is CCC1CCCC1Nc1ccc(Cl)c(C(F)(F)F)c1. The van der Waals surface area contributed by atoms with Gasteiger partial charge in [-0.15, -0.1) is 0 Å². The second-order valence-electron chi connectivity index (χ2n) is 5.04. The summed E-state index contributed by atoms with van der Waals surface area (Å²) in [5.41, 5.74) is -0.271. The Morgan fingerprint density at radius 1 is 1.32 bits per heavy atom. The first-order chi connectivity index (χ1) is 8.91. The van der Waals surface area contributed by atoms with Gasteiger partial charge in [-0.2, -0.15) is 13.2 Å². The highest BCUT2D eigenvalue weighted by molar-refractivity contribution is 6.31. The molecule has 1 fully saturated rings. The number of rotatable bonds is 3. The third kappa shape index (κ3) is 3.35. The molecule has 1 saturated carbocycles. The molecule has 0 amide bonds. The predicted molar refractivity (Wildman–Crippen MR) is 71.5 cm³/mol. The van der Waals surface area contributed by atoms with E-state index in [1.807, 2.05) is 0 Å². The maximum absolute atomic E-state index is 12.8. The Bertz CT molecular complexity index is 445. The third-order valence-corrected chi connectivity index (χ3v) is 4.14. The van der Waals surface area contributed by atoms with Crippen LogP contribution in [0.25, 0.3) is 0 Å². The van der Waals surface area contributed by atoms with E-state index in [0.29, 0.717) is 11.6 Å². The van der Waals surface area contributed by atoms with E-state index in [4.69, 9.17) is 11.6 Å². The summed E-state index contributed by atoms with van der Waals surface area (Å²) < 4.78 is 38.3. The smallest absolute Gasteiger partial charge is 0.382 e. The first kappa shape index (κ1) is 14.5.